The minimum Gasteiger partial charge on any atom is -0.507 e. The molecular weight excluding hydrogens is 401 g/mol. The Bertz CT molecular complexity index is 732. The van der Waals surface area contributed by atoms with Crippen molar-refractivity contribution >= 4 is 30.8 Å². The minimum absolute atomic E-state index is 0.000830. The van der Waals surface area contributed by atoms with E-state index in [0.29, 0.717) is 13.2 Å². The van der Waals surface area contributed by atoms with Crippen LogP contribution in [0.2, 0.25) is 0 Å². The number of carbonyl (C=O) groups is 2. The smallest absolute Gasteiger partial charge is 0.465 e. The minimum atomic E-state index is -1.75. The third-order valence-electron chi connectivity index (χ3n) is 4.89. The molecule has 0 radical (unpaired) electrons. The molecule has 0 bridgehead atoms. The Labute approximate surface area is 173 Å². The number of aromatic hydroxyl groups is 1. The average Bonchev–Trinajstić information content (AvgIpc) is 3.13. The predicted molar refractivity (Wildman–Crippen MR) is 108 cm³/mol. The lowest BCUT2D eigenvalue weighted by Crippen LogP contribution is -2.40. The number of thioether (sulfide) groups is 1. The Kier molecular flexibility index (Phi) is 8.63. The van der Waals surface area contributed by atoms with Crippen LogP contribution >= 0.6 is 11.8 Å². The van der Waals surface area contributed by atoms with Gasteiger partial charge in [-0.1, -0.05) is 6.07 Å². The topological polar surface area (TPSA) is 137 Å². The lowest BCUT2D eigenvalue weighted by Gasteiger charge is -2.25. The van der Waals surface area contributed by atoms with Gasteiger partial charge in [-0.15, -0.1) is 0 Å². The summed E-state index contributed by atoms with van der Waals surface area (Å²) in [6.07, 6.45) is 1.73. The molecular formula is C18H26BNO8S. The molecule has 1 aromatic carbocycles. The molecule has 1 unspecified atom stereocenters. The number of amides is 1. The summed E-state index contributed by atoms with van der Waals surface area (Å²) in [6.45, 7) is 1.10. The van der Waals surface area contributed by atoms with Crippen molar-refractivity contribution in [3.63, 3.8) is 0 Å². The molecule has 1 aliphatic rings. The second-order valence-corrected chi connectivity index (χ2v) is 7.99. The molecule has 0 aliphatic carbocycles. The van der Waals surface area contributed by atoms with Crippen molar-refractivity contribution in [2.45, 2.75) is 30.5 Å². The quantitative estimate of drug-likeness (QED) is 0.391. The molecule has 1 aliphatic heterocycles. The van der Waals surface area contributed by atoms with Crippen LogP contribution in [-0.2, 0) is 16.0 Å². The van der Waals surface area contributed by atoms with E-state index in [-0.39, 0.29) is 35.4 Å². The second kappa shape index (κ2) is 10.7. The number of methoxy groups -OCH3 is 2. The largest absolute Gasteiger partial charge is 0.507 e. The fourth-order valence-electron chi connectivity index (χ4n) is 3.42. The molecule has 1 aromatic rings. The van der Waals surface area contributed by atoms with Crippen LogP contribution in [-0.4, -0.2) is 88.5 Å². The molecule has 1 heterocycles. The zero-order chi connectivity index (χ0) is 21.6. The van der Waals surface area contributed by atoms with Crippen LogP contribution in [0.5, 0.6) is 11.5 Å². The summed E-state index contributed by atoms with van der Waals surface area (Å²) in [6, 6.07) is 2.89. The number of ether oxygens (including phenoxy) is 2. The third-order valence-corrected chi connectivity index (χ3v) is 6.14. The Hall–Kier alpha value is -1.95. The molecule has 11 heteroatoms. The predicted octanol–water partition coefficient (Wildman–Crippen LogP) is 0.393. The van der Waals surface area contributed by atoms with E-state index in [1.54, 1.807) is 12.0 Å². The summed E-state index contributed by atoms with van der Waals surface area (Å²) in [5.41, 5.74) is -0.170. The monoisotopic (exact) mass is 427 g/mol. The van der Waals surface area contributed by atoms with E-state index in [0.717, 1.165) is 24.6 Å². The van der Waals surface area contributed by atoms with Gasteiger partial charge in [-0.25, -0.2) is 4.79 Å². The molecule has 2 atom stereocenters. The number of aromatic carboxylic acids is 1. The lowest BCUT2D eigenvalue weighted by atomic mass is 9.81. The third kappa shape index (κ3) is 5.78. The summed E-state index contributed by atoms with van der Waals surface area (Å²) in [4.78, 5) is 25.7. The van der Waals surface area contributed by atoms with Crippen LogP contribution in [0.25, 0.3) is 0 Å². The molecule has 0 spiro atoms. The van der Waals surface area contributed by atoms with Gasteiger partial charge in [0, 0.05) is 18.8 Å². The van der Waals surface area contributed by atoms with Crippen LogP contribution in [0.1, 0.15) is 28.8 Å². The van der Waals surface area contributed by atoms with Crippen LogP contribution in [0.4, 0.5) is 0 Å². The summed E-state index contributed by atoms with van der Waals surface area (Å²) in [5, 5.41) is 38.3. The fraction of sp³-hybridized carbons (Fsp3) is 0.556. The number of carboxylic acids is 1. The second-order valence-electron chi connectivity index (χ2n) is 6.76. The van der Waals surface area contributed by atoms with Crippen LogP contribution in [0.15, 0.2) is 12.1 Å². The molecule has 4 N–H and O–H groups in total. The Balaban J connectivity index is 2.08. The van der Waals surface area contributed by atoms with E-state index in [4.69, 9.17) is 9.47 Å². The SMILES string of the molecule is COCC1CCCN1C(=O)CS[C@@H](Cc1ccc(OC)c(C(=O)O)c1O)B(O)O. The molecule has 29 heavy (non-hydrogen) atoms. The first kappa shape index (κ1) is 23.3. The van der Waals surface area contributed by atoms with E-state index >= 15 is 0 Å². The van der Waals surface area contributed by atoms with Crippen LogP contribution in [0.3, 0.4) is 0 Å². The summed E-state index contributed by atoms with van der Waals surface area (Å²) in [7, 11) is 1.12. The molecule has 2 rings (SSSR count). The first-order valence-corrected chi connectivity index (χ1v) is 10.2. The highest BCUT2D eigenvalue weighted by Gasteiger charge is 2.32. The van der Waals surface area contributed by atoms with Crippen molar-refractivity contribution < 1.29 is 39.3 Å². The number of nitrogens with zero attached hydrogens (tertiary/aromatic N) is 1. The van der Waals surface area contributed by atoms with Crippen molar-refractivity contribution in [2.75, 3.05) is 33.1 Å². The number of hydrogen-bond donors (Lipinski definition) is 4. The van der Waals surface area contributed by atoms with Gasteiger partial charge in [-0.05, 0) is 30.9 Å². The van der Waals surface area contributed by atoms with Crippen molar-refractivity contribution in [3.05, 3.63) is 23.3 Å². The number of likely N-dealkylation sites (tertiary alicyclic amines) is 1. The van der Waals surface area contributed by atoms with E-state index in [1.165, 1.54) is 19.2 Å². The zero-order valence-corrected chi connectivity index (χ0v) is 17.2. The number of hydrogen-bond acceptors (Lipinski definition) is 8. The average molecular weight is 427 g/mol. The maximum atomic E-state index is 12.5. The number of carboxylic acid groups (broad SMARTS) is 1. The Morgan fingerprint density at radius 1 is 1.34 bits per heavy atom. The zero-order valence-electron chi connectivity index (χ0n) is 16.4. The Morgan fingerprint density at radius 3 is 2.66 bits per heavy atom. The van der Waals surface area contributed by atoms with Gasteiger partial charge in [0.25, 0.3) is 0 Å². The van der Waals surface area contributed by atoms with Gasteiger partial charge >= 0.3 is 13.1 Å². The van der Waals surface area contributed by atoms with Gasteiger partial charge in [0.15, 0.2) is 0 Å². The molecule has 1 amide bonds. The fourth-order valence-corrected chi connectivity index (χ4v) is 4.41. The molecule has 0 saturated carbocycles. The van der Waals surface area contributed by atoms with E-state index in [2.05, 4.69) is 0 Å². The van der Waals surface area contributed by atoms with Gasteiger partial charge in [0.05, 0.1) is 25.5 Å². The molecule has 1 saturated heterocycles. The highest BCUT2D eigenvalue weighted by molar-refractivity contribution is 8.01. The first-order valence-electron chi connectivity index (χ1n) is 9.18. The molecule has 160 valence electrons. The maximum absolute atomic E-state index is 12.5. The van der Waals surface area contributed by atoms with Crippen molar-refractivity contribution in [3.8, 4) is 11.5 Å². The summed E-state index contributed by atoms with van der Waals surface area (Å²) < 4.78 is 10.1. The lowest BCUT2D eigenvalue weighted by molar-refractivity contribution is -0.130. The van der Waals surface area contributed by atoms with Gasteiger partial charge in [0.2, 0.25) is 5.91 Å². The van der Waals surface area contributed by atoms with Crippen molar-refractivity contribution in [1.29, 1.82) is 0 Å². The summed E-state index contributed by atoms with van der Waals surface area (Å²) >= 11 is 1.05. The van der Waals surface area contributed by atoms with Crippen molar-refractivity contribution in [1.82, 2.24) is 4.90 Å². The van der Waals surface area contributed by atoms with E-state index in [9.17, 15) is 29.9 Å². The van der Waals surface area contributed by atoms with Gasteiger partial charge in [-0.2, -0.15) is 11.8 Å². The number of phenols is 1. The highest BCUT2D eigenvalue weighted by Crippen LogP contribution is 2.33. The first-order chi connectivity index (χ1) is 13.8. The number of rotatable bonds is 10. The van der Waals surface area contributed by atoms with Crippen LogP contribution in [0, 0.1) is 0 Å². The normalized spacial score (nSPS) is 17.2. The number of benzene rings is 1. The Morgan fingerprint density at radius 2 is 2.07 bits per heavy atom. The summed E-state index contributed by atoms with van der Waals surface area (Å²) in [5.74, 6) is -1.94. The number of carbonyl (C=O) groups excluding carboxylic acids is 1. The highest BCUT2D eigenvalue weighted by atomic mass is 32.2. The van der Waals surface area contributed by atoms with Gasteiger partial charge in [-0.3, -0.25) is 4.79 Å². The van der Waals surface area contributed by atoms with E-state index < -0.39 is 29.5 Å². The van der Waals surface area contributed by atoms with Crippen molar-refractivity contribution in [2.24, 2.45) is 0 Å². The molecule has 1 fully saturated rings. The standard InChI is InChI=1S/C18H26BNO8S/c1-27-9-12-4-3-7-20(12)15(21)10-29-14(19(25)26)8-11-5-6-13(28-2)16(17(11)22)18(23)24/h5-6,12,14,22,25-26H,3-4,7-10H2,1-2H3,(H,23,24)/t12?,14-/m0/s1. The van der Waals surface area contributed by atoms with E-state index in [1.807, 2.05) is 0 Å². The molecule has 0 aromatic heterocycles. The maximum Gasteiger partial charge on any atom is 0.465 e. The molecule has 9 nitrogen and oxygen atoms in total. The van der Waals surface area contributed by atoms with Gasteiger partial charge < -0.3 is 34.6 Å². The van der Waals surface area contributed by atoms with Crippen LogP contribution < -0.4 is 4.74 Å². The van der Waals surface area contributed by atoms with Gasteiger partial charge in [0.1, 0.15) is 17.1 Å².